The van der Waals surface area contributed by atoms with E-state index in [1.54, 1.807) is 18.2 Å². The fourth-order valence-electron chi connectivity index (χ4n) is 1.55. The van der Waals surface area contributed by atoms with Crippen molar-refractivity contribution in [1.29, 1.82) is 0 Å². The minimum atomic E-state index is -0.989. The Labute approximate surface area is 105 Å². The van der Waals surface area contributed by atoms with Gasteiger partial charge in [0.1, 0.15) is 12.3 Å². The molecule has 6 heteroatoms. The van der Waals surface area contributed by atoms with Gasteiger partial charge in [-0.15, -0.1) is 0 Å². The van der Waals surface area contributed by atoms with Crippen molar-refractivity contribution in [1.82, 2.24) is 0 Å². The van der Waals surface area contributed by atoms with Crippen molar-refractivity contribution in [3.63, 3.8) is 0 Å². The molecule has 4 N–H and O–H groups in total. The predicted molar refractivity (Wildman–Crippen MR) is 69.0 cm³/mol. The molecule has 1 amide bonds. The molecule has 18 heavy (non-hydrogen) atoms. The summed E-state index contributed by atoms with van der Waals surface area (Å²) in [5.74, 6) is -1.64. The lowest BCUT2D eigenvalue weighted by atomic mass is 10.0. The highest BCUT2D eigenvalue weighted by atomic mass is 16.4. The van der Waals surface area contributed by atoms with Gasteiger partial charge in [0.25, 0.3) is 5.91 Å². The lowest BCUT2D eigenvalue weighted by molar-refractivity contribution is -0.134. The number of hydrogen-bond acceptors (Lipinski definition) is 4. The van der Waals surface area contributed by atoms with E-state index in [4.69, 9.17) is 10.8 Å². The average Bonchev–Trinajstić information content (AvgIpc) is 2.29. The zero-order valence-corrected chi connectivity index (χ0v) is 10.2. The number of carbonyl (C=O) groups is 2. The molecule has 0 fully saturated rings. The molecular weight excluding hydrogens is 234 g/mol. The first kappa shape index (κ1) is 13.7. The number of nitrogens with zero attached hydrogens (tertiary/aromatic N) is 1. The fourth-order valence-corrected chi connectivity index (χ4v) is 1.55. The van der Waals surface area contributed by atoms with Gasteiger partial charge in [-0.05, 0) is 18.6 Å². The number of carbonyl (C=O) groups excluding carboxylic acids is 1. The Morgan fingerprint density at radius 1 is 1.44 bits per heavy atom. The van der Waals surface area contributed by atoms with E-state index in [1.807, 2.05) is 6.92 Å². The van der Waals surface area contributed by atoms with Gasteiger partial charge in [-0.1, -0.05) is 12.1 Å². The summed E-state index contributed by atoms with van der Waals surface area (Å²) in [5.41, 5.74) is 7.30. The maximum absolute atomic E-state index is 11.3. The summed E-state index contributed by atoms with van der Waals surface area (Å²) < 4.78 is 0. The molecule has 0 saturated heterocycles. The molecule has 0 aliphatic rings. The molecule has 0 aromatic heterocycles. The fraction of sp³-hybridized carbons (Fsp3) is 0.250. The van der Waals surface area contributed by atoms with E-state index in [-0.39, 0.29) is 12.3 Å². The number of aliphatic carboxylic acids is 1. The molecule has 0 aliphatic heterocycles. The molecule has 0 bridgehead atoms. The Morgan fingerprint density at radius 2 is 2.11 bits per heavy atom. The van der Waals surface area contributed by atoms with Crippen LogP contribution in [0.5, 0.6) is 0 Å². The van der Waals surface area contributed by atoms with Crippen LogP contribution in [-0.2, 0) is 9.59 Å². The Morgan fingerprint density at radius 3 is 2.61 bits per heavy atom. The Balaban J connectivity index is 3.18. The second-order valence-electron chi connectivity index (χ2n) is 3.73. The number of benzene rings is 1. The summed E-state index contributed by atoms with van der Waals surface area (Å²) in [6.07, 6.45) is 0. The second-order valence-corrected chi connectivity index (χ2v) is 3.73. The highest BCUT2D eigenvalue weighted by molar-refractivity contribution is 6.46. The molecule has 0 spiro atoms. The van der Waals surface area contributed by atoms with Gasteiger partial charge in [0.2, 0.25) is 0 Å². The first-order chi connectivity index (χ1) is 8.45. The molecule has 1 aromatic rings. The second kappa shape index (κ2) is 5.81. The van der Waals surface area contributed by atoms with Gasteiger partial charge in [-0.25, -0.2) is 0 Å². The average molecular weight is 249 g/mol. The van der Waals surface area contributed by atoms with E-state index >= 15 is 0 Å². The van der Waals surface area contributed by atoms with Gasteiger partial charge >= 0.3 is 5.97 Å². The maximum atomic E-state index is 11.3. The van der Waals surface area contributed by atoms with E-state index < -0.39 is 11.9 Å². The van der Waals surface area contributed by atoms with Gasteiger partial charge in [0.05, 0.1) is 0 Å². The normalized spacial score (nSPS) is 11.1. The Kier molecular flexibility index (Phi) is 4.42. The third-order valence-corrected chi connectivity index (χ3v) is 2.32. The molecule has 96 valence electrons. The summed E-state index contributed by atoms with van der Waals surface area (Å²) in [4.78, 5) is 25.6. The van der Waals surface area contributed by atoms with Gasteiger partial charge in [-0.3, -0.25) is 14.6 Å². The van der Waals surface area contributed by atoms with Crippen molar-refractivity contribution in [2.75, 3.05) is 18.9 Å². The van der Waals surface area contributed by atoms with Crippen LogP contribution in [0.25, 0.3) is 0 Å². The molecule has 1 aromatic carbocycles. The topological polar surface area (TPSA) is 105 Å². The number of aryl methyl sites for hydroxylation is 1. The molecule has 0 radical (unpaired) electrons. The number of carboxylic acid groups (broad SMARTS) is 1. The van der Waals surface area contributed by atoms with Crippen LogP contribution in [0.2, 0.25) is 0 Å². The number of hydrogen-bond donors (Lipinski definition) is 3. The maximum Gasteiger partial charge on any atom is 0.322 e. The summed E-state index contributed by atoms with van der Waals surface area (Å²) >= 11 is 0. The van der Waals surface area contributed by atoms with E-state index in [1.165, 1.54) is 7.05 Å². The summed E-state index contributed by atoms with van der Waals surface area (Å²) in [7, 11) is 1.46. The standard InChI is InChI=1S/C12H15N3O3/c1-7-3-4-8(11(14-2)12(13)18)9(5-7)15-6-10(16)17/h3-5,15H,6H2,1-2H3,(H2,13,18)(H,16,17). The third kappa shape index (κ3) is 3.31. The molecule has 0 atom stereocenters. The molecule has 0 heterocycles. The van der Waals surface area contributed by atoms with E-state index in [0.29, 0.717) is 11.3 Å². The number of nitrogens with two attached hydrogens (primary N) is 1. The van der Waals surface area contributed by atoms with Crippen LogP contribution >= 0.6 is 0 Å². The minimum Gasteiger partial charge on any atom is -0.480 e. The van der Waals surface area contributed by atoms with Crippen LogP contribution in [0.4, 0.5) is 5.69 Å². The SMILES string of the molecule is CN=C(C(N)=O)c1ccc(C)cc1NCC(=O)O. The summed E-state index contributed by atoms with van der Waals surface area (Å²) in [6.45, 7) is 1.62. The Hall–Kier alpha value is -2.37. The van der Waals surface area contributed by atoms with Gasteiger partial charge in [0, 0.05) is 18.3 Å². The quantitative estimate of drug-likeness (QED) is 0.657. The van der Waals surface area contributed by atoms with Crippen molar-refractivity contribution in [2.24, 2.45) is 10.7 Å². The number of carboxylic acids is 1. The van der Waals surface area contributed by atoms with Crippen molar-refractivity contribution < 1.29 is 14.7 Å². The Bertz CT molecular complexity index is 509. The lowest BCUT2D eigenvalue weighted by Crippen LogP contribution is -2.26. The molecule has 0 aliphatic carbocycles. The zero-order valence-electron chi connectivity index (χ0n) is 10.2. The van der Waals surface area contributed by atoms with Crippen LogP contribution in [0.15, 0.2) is 23.2 Å². The van der Waals surface area contributed by atoms with Crippen LogP contribution in [0.1, 0.15) is 11.1 Å². The van der Waals surface area contributed by atoms with Crippen molar-refractivity contribution in [3.05, 3.63) is 29.3 Å². The minimum absolute atomic E-state index is 0.114. The van der Waals surface area contributed by atoms with Gasteiger partial charge in [0.15, 0.2) is 0 Å². The van der Waals surface area contributed by atoms with E-state index in [2.05, 4.69) is 10.3 Å². The molecular formula is C12H15N3O3. The number of anilines is 1. The number of amides is 1. The number of primary amides is 1. The van der Waals surface area contributed by atoms with E-state index in [0.717, 1.165) is 5.56 Å². The zero-order chi connectivity index (χ0) is 13.7. The van der Waals surface area contributed by atoms with Gasteiger partial charge < -0.3 is 16.2 Å². The van der Waals surface area contributed by atoms with Gasteiger partial charge in [-0.2, -0.15) is 0 Å². The first-order valence-corrected chi connectivity index (χ1v) is 5.29. The monoisotopic (exact) mass is 249 g/mol. The molecule has 1 rings (SSSR count). The lowest BCUT2D eigenvalue weighted by Gasteiger charge is -2.11. The summed E-state index contributed by atoms with van der Waals surface area (Å²) in [5, 5.41) is 11.4. The van der Waals surface area contributed by atoms with Crippen molar-refractivity contribution in [2.45, 2.75) is 6.92 Å². The largest absolute Gasteiger partial charge is 0.480 e. The molecule has 6 nitrogen and oxygen atoms in total. The van der Waals surface area contributed by atoms with Crippen LogP contribution in [-0.4, -0.2) is 36.3 Å². The molecule has 0 saturated carbocycles. The van der Waals surface area contributed by atoms with Crippen molar-refractivity contribution in [3.8, 4) is 0 Å². The van der Waals surface area contributed by atoms with Crippen molar-refractivity contribution >= 4 is 23.3 Å². The number of rotatable bonds is 5. The van der Waals surface area contributed by atoms with Crippen LogP contribution in [0.3, 0.4) is 0 Å². The number of aliphatic imine (C=N–C) groups is 1. The van der Waals surface area contributed by atoms with Crippen LogP contribution in [0, 0.1) is 6.92 Å². The summed E-state index contributed by atoms with van der Waals surface area (Å²) in [6, 6.07) is 5.23. The van der Waals surface area contributed by atoms with Crippen LogP contribution < -0.4 is 11.1 Å². The van der Waals surface area contributed by atoms with E-state index in [9.17, 15) is 9.59 Å². The first-order valence-electron chi connectivity index (χ1n) is 5.29. The predicted octanol–water partition coefficient (Wildman–Crippen LogP) is 0.396. The highest BCUT2D eigenvalue weighted by Crippen LogP contribution is 2.18. The smallest absolute Gasteiger partial charge is 0.322 e. The number of nitrogens with one attached hydrogen (secondary N) is 1. The molecule has 0 unspecified atom stereocenters. The third-order valence-electron chi connectivity index (χ3n) is 2.32. The highest BCUT2D eigenvalue weighted by Gasteiger charge is 2.14.